The summed E-state index contributed by atoms with van der Waals surface area (Å²) in [5.41, 5.74) is -4.30. The summed E-state index contributed by atoms with van der Waals surface area (Å²) < 4.78 is 94.8. The highest BCUT2D eigenvalue weighted by Gasteiger charge is 2.74. The second-order valence-electron chi connectivity index (χ2n) is 6.92. The van der Waals surface area contributed by atoms with E-state index in [-0.39, 0.29) is 28.6 Å². The Labute approximate surface area is 173 Å². The van der Waals surface area contributed by atoms with Gasteiger partial charge in [0.1, 0.15) is 0 Å². The van der Waals surface area contributed by atoms with Gasteiger partial charge in [0.15, 0.2) is 11.5 Å². The van der Waals surface area contributed by atoms with Crippen molar-refractivity contribution < 1.29 is 40.6 Å². The maximum absolute atomic E-state index is 14.1. The number of amides is 1. The van der Waals surface area contributed by atoms with E-state index in [1.165, 1.54) is 42.5 Å². The average Bonchev–Trinajstić information content (AvgIpc) is 3.12. The lowest BCUT2D eigenvalue weighted by atomic mass is 10.0. The van der Waals surface area contributed by atoms with Crippen molar-refractivity contribution in [3.8, 4) is 11.5 Å². The molecule has 1 aliphatic rings. The van der Waals surface area contributed by atoms with Gasteiger partial charge in [0.05, 0.1) is 0 Å². The minimum absolute atomic E-state index is 0.104. The van der Waals surface area contributed by atoms with Gasteiger partial charge < -0.3 is 14.8 Å². The molecule has 11 heteroatoms. The Hall–Kier alpha value is -2.95. The lowest BCUT2D eigenvalue weighted by molar-refractivity contribution is -0.353. The van der Waals surface area contributed by atoms with Crippen molar-refractivity contribution in [1.82, 2.24) is 10.2 Å². The molecule has 168 valence electrons. The van der Waals surface area contributed by atoms with E-state index in [9.17, 15) is 31.1 Å². The SMILES string of the molecule is CC(=O)NC(N(Cc1ccccc1)Cc1ccc2c(c1)OCO2)(C(F)(F)F)C(F)(F)F. The van der Waals surface area contributed by atoms with Crippen molar-refractivity contribution in [3.05, 3.63) is 59.7 Å². The third-order valence-electron chi connectivity index (χ3n) is 4.68. The van der Waals surface area contributed by atoms with Crippen molar-refractivity contribution in [3.63, 3.8) is 0 Å². The zero-order chi connectivity index (χ0) is 22.9. The van der Waals surface area contributed by atoms with E-state index in [1.807, 2.05) is 0 Å². The lowest BCUT2D eigenvalue weighted by Gasteiger charge is -2.45. The highest BCUT2D eigenvalue weighted by molar-refractivity contribution is 5.74. The molecule has 0 atom stereocenters. The van der Waals surface area contributed by atoms with E-state index in [0.29, 0.717) is 12.7 Å². The molecule has 2 aromatic carbocycles. The number of nitrogens with zero attached hydrogens (tertiary/aromatic N) is 1. The lowest BCUT2D eigenvalue weighted by Crippen LogP contribution is -2.75. The Balaban J connectivity index is 2.12. The van der Waals surface area contributed by atoms with Gasteiger partial charge in [0, 0.05) is 20.0 Å². The first-order valence-corrected chi connectivity index (χ1v) is 9.04. The molecule has 1 aliphatic heterocycles. The molecular weight excluding hydrogens is 430 g/mol. The summed E-state index contributed by atoms with van der Waals surface area (Å²) >= 11 is 0. The number of carbonyl (C=O) groups is 1. The van der Waals surface area contributed by atoms with Gasteiger partial charge in [-0.1, -0.05) is 36.4 Å². The highest BCUT2D eigenvalue weighted by atomic mass is 19.4. The largest absolute Gasteiger partial charge is 0.454 e. The van der Waals surface area contributed by atoms with Crippen LogP contribution >= 0.6 is 0 Å². The Morgan fingerprint density at radius 3 is 2.06 bits per heavy atom. The van der Waals surface area contributed by atoms with Crippen molar-refractivity contribution in [2.75, 3.05) is 6.79 Å². The number of nitrogens with one attached hydrogen (secondary N) is 1. The summed E-state index contributed by atoms with van der Waals surface area (Å²) in [6.45, 7) is -1.03. The van der Waals surface area contributed by atoms with Gasteiger partial charge >= 0.3 is 12.4 Å². The molecule has 31 heavy (non-hydrogen) atoms. The number of hydrogen-bond donors (Lipinski definition) is 1. The molecular formula is C20H18F6N2O3. The minimum Gasteiger partial charge on any atom is -0.454 e. The summed E-state index contributed by atoms with van der Waals surface area (Å²) in [5.74, 6) is -0.933. The Morgan fingerprint density at radius 1 is 0.903 bits per heavy atom. The molecule has 0 saturated heterocycles. The second kappa shape index (κ2) is 8.29. The van der Waals surface area contributed by atoms with Crippen LogP contribution in [0.4, 0.5) is 26.3 Å². The predicted molar refractivity (Wildman–Crippen MR) is 96.9 cm³/mol. The van der Waals surface area contributed by atoms with Crippen LogP contribution in [-0.2, 0) is 17.9 Å². The quantitative estimate of drug-likeness (QED) is 0.527. The summed E-state index contributed by atoms with van der Waals surface area (Å²) in [5, 5.41) is 1.15. The van der Waals surface area contributed by atoms with E-state index in [1.54, 1.807) is 6.07 Å². The molecule has 0 fully saturated rings. The fraction of sp³-hybridized carbons (Fsp3) is 0.350. The summed E-state index contributed by atoms with van der Waals surface area (Å²) in [6, 6.07) is 11.4. The zero-order valence-electron chi connectivity index (χ0n) is 16.2. The van der Waals surface area contributed by atoms with E-state index < -0.39 is 37.0 Å². The highest BCUT2D eigenvalue weighted by Crippen LogP contribution is 2.47. The number of hydrogen-bond acceptors (Lipinski definition) is 4. The van der Waals surface area contributed by atoms with Crippen LogP contribution in [0, 0.1) is 0 Å². The van der Waals surface area contributed by atoms with Gasteiger partial charge in [0.25, 0.3) is 5.66 Å². The van der Waals surface area contributed by atoms with E-state index >= 15 is 0 Å². The Morgan fingerprint density at radius 2 is 1.48 bits per heavy atom. The second-order valence-corrected chi connectivity index (χ2v) is 6.92. The molecule has 3 rings (SSSR count). The van der Waals surface area contributed by atoms with Crippen molar-refractivity contribution in [1.29, 1.82) is 0 Å². The van der Waals surface area contributed by atoms with Gasteiger partial charge in [-0.3, -0.25) is 9.69 Å². The molecule has 1 N–H and O–H groups in total. The Kier molecular flexibility index (Phi) is 6.08. The molecule has 5 nitrogen and oxygen atoms in total. The maximum atomic E-state index is 14.1. The van der Waals surface area contributed by atoms with E-state index in [2.05, 4.69) is 0 Å². The average molecular weight is 448 g/mol. The minimum atomic E-state index is -5.87. The van der Waals surface area contributed by atoms with Crippen LogP contribution in [0.1, 0.15) is 18.1 Å². The fourth-order valence-corrected chi connectivity index (χ4v) is 3.35. The molecule has 0 radical (unpaired) electrons. The maximum Gasteiger partial charge on any atom is 0.434 e. The third-order valence-corrected chi connectivity index (χ3v) is 4.68. The molecule has 0 spiro atoms. The topological polar surface area (TPSA) is 50.8 Å². The molecule has 0 saturated carbocycles. The van der Waals surface area contributed by atoms with E-state index in [4.69, 9.17) is 9.47 Å². The van der Waals surface area contributed by atoms with Crippen LogP contribution in [0.3, 0.4) is 0 Å². The summed E-state index contributed by atoms with van der Waals surface area (Å²) in [7, 11) is 0. The summed E-state index contributed by atoms with van der Waals surface area (Å²) in [6.07, 6.45) is -11.7. The molecule has 2 aromatic rings. The number of carbonyl (C=O) groups excluding carboxylic acids is 1. The zero-order valence-corrected chi connectivity index (χ0v) is 16.2. The van der Waals surface area contributed by atoms with Crippen molar-refractivity contribution >= 4 is 5.91 Å². The first-order chi connectivity index (χ1) is 14.4. The fourth-order valence-electron chi connectivity index (χ4n) is 3.35. The number of rotatable bonds is 6. The van der Waals surface area contributed by atoms with Gasteiger partial charge in [-0.25, -0.2) is 0 Å². The van der Waals surface area contributed by atoms with Crippen LogP contribution in [0.5, 0.6) is 11.5 Å². The monoisotopic (exact) mass is 448 g/mol. The first-order valence-electron chi connectivity index (χ1n) is 9.04. The first kappa shape index (κ1) is 22.7. The van der Waals surface area contributed by atoms with Crippen molar-refractivity contribution in [2.24, 2.45) is 0 Å². The predicted octanol–water partition coefficient (Wildman–Crippen LogP) is 4.37. The van der Waals surface area contributed by atoms with Gasteiger partial charge in [-0.05, 0) is 23.3 Å². The van der Waals surface area contributed by atoms with Crippen LogP contribution in [0.2, 0.25) is 0 Å². The molecule has 1 heterocycles. The van der Waals surface area contributed by atoms with Gasteiger partial charge in [0.2, 0.25) is 12.7 Å². The number of ether oxygens (including phenoxy) is 2. The third kappa shape index (κ3) is 4.55. The van der Waals surface area contributed by atoms with Crippen LogP contribution in [-0.4, -0.2) is 35.6 Å². The normalized spacial score (nSPS) is 14.1. The molecule has 0 aromatic heterocycles. The van der Waals surface area contributed by atoms with E-state index in [0.717, 1.165) is 5.32 Å². The molecule has 0 aliphatic carbocycles. The van der Waals surface area contributed by atoms with Crippen LogP contribution in [0.15, 0.2) is 48.5 Å². The van der Waals surface area contributed by atoms with Gasteiger partial charge in [-0.2, -0.15) is 26.3 Å². The number of benzene rings is 2. The molecule has 1 amide bonds. The van der Waals surface area contributed by atoms with Crippen molar-refractivity contribution in [2.45, 2.75) is 38.0 Å². The number of fused-ring (bicyclic) bond motifs is 1. The molecule has 0 bridgehead atoms. The van der Waals surface area contributed by atoms with Crippen LogP contribution in [0.25, 0.3) is 0 Å². The van der Waals surface area contributed by atoms with Crippen LogP contribution < -0.4 is 14.8 Å². The standard InChI is InChI=1S/C20H18F6N2O3/c1-13(29)27-18(19(21,22)23,20(24,25)26)28(10-14-5-3-2-4-6-14)11-15-7-8-16-17(9-15)31-12-30-16/h2-9H,10-12H2,1H3,(H,27,29). The number of alkyl halides is 6. The Bertz CT molecular complexity index is 917. The smallest absolute Gasteiger partial charge is 0.434 e. The number of halogens is 6. The summed E-state index contributed by atoms with van der Waals surface area (Å²) in [4.78, 5) is 11.7. The molecule has 0 unspecified atom stereocenters. The van der Waals surface area contributed by atoms with Gasteiger partial charge in [-0.15, -0.1) is 0 Å².